The van der Waals surface area contributed by atoms with Gasteiger partial charge in [0.05, 0.1) is 19.4 Å². The maximum Gasteiger partial charge on any atom is 0.247 e. The van der Waals surface area contributed by atoms with Gasteiger partial charge in [-0.15, -0.1) is 0 Å². The number of nitrogens with two attached hydrogens (primary N) is 1. The number of aromatic nitrogens is 2. The SMILES string of the molecule is [C-]#[N+]c1cnn(-c2ccccc2OCC)c1N. The molecule has 0 aliphatic rings. The molecule has 0 radical (unpaired) electrons. The Morgan fingerprint density at radius 1 is 1.47 bits per heavy atom. The third-order valence-corrected chi connectivity index (χ3v) is 2.30. The largest absolute Gasteiger partial charge is 0.492 e. The smallest absolute Gasteiger partial charge is 0.247 e. The Kier molecular flexibility index (Phi) is 2.97. The molecule has 0 bridgehead atoms. The highest BCUT2D eigenvalue weighted by Crippen LogP contribution is 2.29. The van der Waals surface area contributed by atoms with Gasteiger partial charge in [-0.05, 0) is 19.1 Å². The molecule has 1 aromatic carbocycles. The van der Waals surface area contributed by atoms with E-state index in [2.05, 4.69) is 9.94 Å². The quantitative estimate of drug-likeness (QED) is 0.821. The summed E-state index contributed by atoms with van der Waals surface area (Å²) in [6, 6.07) is 7.44. The van der Waals surface area contributed by atoms with E-state index in [1.165, 1.54) is 10.9 Å². The predicted molar refractivity (Wildman–Crippen MR) is 65.4 cm³/mol. The molecule has 0 saturated heterocycles. The Hall–Kier alpha value is -2.48. The molecule has 0 atom stereocenters. The van der Waals surface area contributed by atoms with Crippen LogP contribution >= 0.6 is 0 Å². The number of benzene rings is 1. The molecule has 5 heteroatoms. The number of para-hydroxylation sites is 2. The van der Waals surface area contributed by atoms with Crippen molar-refractivity contribution in [2.45, 2.75) is 6.92 Å². The van der Waals surface area contributed by atoms with Crippen molar-refractivity contribution in [2.75, 3.05) is 12.3 Å². The molecular formula is C12H12N4O. The first-order valence-electron chi connectivity index (χ1n) is 5.21. The molecule has 17 heavy (non-hydrogen) atoms. The van der Waals surface area contributed by atoms with E-state index in [-0.39, 0.29) is 0 Å². The van der Waals surface area contributed by atoms with Crippen LogP contribution in [0, 0.1) is 6.57 Å². The second kappa shape index (κ2) is 4.58. The van der Waals surface area contributed by atoms with Crippen LogP contribution in [0.4, 0.5) is 11.5 Å². The molecule has 0 amide bonds. The van der Waals surface area contributed by atoms with E-state index in [0.29, 0.717) is 23.9 Å². The highest BCUT2D eigenvalue weighted by atomic mass is 16.5. The third-order valence-electron chi connectivity index (χ3n) is 2.30. The lowest BCUT2D eigenvalue weighted by atomic mass is 10.3. The van der Waals surface area contributed by atoms with Gasteiger partial charge in [0.2, 0.25) is 5.69 Å². The second-order valence-electron chi connectivity index (χ2n) is 3.34. The summed E-state index contributed by atoms with van der Waals surface area (Å²) < 4.78 is 7.01. The first-order chi connectivity index (χ1) is 8.27. The summed E-state index contributed by atoms with van der Waals surface area (Å²) in [5, 5.41) is 4.10. The molecule has 2 rings (SSSR count). The summed E-state index contributed by atoms with van der Waals surface area (Å²) in [4.78, 5) is 3.29. The molecular weight excluding hydrogens is 216 g/mol. The molecule has 1 aromatic heterocycles. The number of rotatable bonds is 3. The zero-order valence-electron chi connectivity index (χ0n) is 9.42. The highest BCUT2D eigenvalue weighted by Gasteiger charge is 2.12. The fourth-order valence-electron chi connectivity index (χ4n) is 1.54. The lowest BCUT2D eigenvalue weighted by Gasteiger charge is -2.11. The molecule has 0 fully saturated rings. The third kappa shape index (κ3) is 1.93. The number of ether oxygens (including phenoxy) is 1. The van der Waals surface area contributed by atoms with Gasteiger partial charge in [-0.1, -0.05) is 12.1 Å². The van der Waals surface area contributed by atoms with Gasteiger partial charge in [0.1, 0.15) is 17.3 Å². The Balaban J connectivity index is 2.53. The van der Waals surface area contributed by atoms with Gasteiger partial charge in [-0.3, -0.25) is 0 Å². The van der Waals surface area contributed by atoms with E-state index in [9.17, 15) is 0 Å². The summed E-state index contributed by atoms with van der Waals surface area (Å²) in [7, 11) is 0. The molecule has 86 valence electrons. The second-order valence-corrected chi connectivity index (χ2v) is 3.34. The van der Waals surface area contributed by atoms with Crippen molar-refractivity contribution in [1.29, 1.82) is 0 Å². The van der Waals surface area contributed by atoms with Crippen molar-refractivity contribution in [3.05, 3.63) is 41.9 Å². The highest BCUT2D eigenvalue weighted by molar-refractivity contribution is 5.66. The van der Waals surface area contributed by atoms with Gasteiger partial charge in [-0.25, -0.2) is 9.53 Å². The predicted octanol–water partition coefficient (Wildman–Crippen LogP) is 2.40. The average molecular weight is 228 g/mol. The van der Waals surface area contributed by atoms with Crippen LogP contribution in [0.3, 0.4) is 0 Å². The minimum atomic E-state index is 0.326. The molecule has 2 aromatic rings. The van der Waals surface area contributed by atoms with Crippen molar-refractivity contribution < 1.29 is 4.74 Å². The lowest BCUT2D eigenvalue weighted by molar-refractivity contribution is 0.338. The Labute approximate surface area is 99.2 Å². The molecule has 5 nitrogen and oxygen atoms in total. The van der Waals surface area contributed by atoms with Gasteiger partial charge < -0.3 is 10.5 Å². The topological polar surface area (TPSA) is 57.4 Å². The summed E-state index contributed by atoms with van der Waals surface area (Å²) in [5.41, 5.74) is 6.92. The van der Waals surface area contributed by atoms with Gasteiger partial charge in [-0.2, -0.15) is 5.10 Å². The minimum Gasteiger partial charge on any atom is -0.492 e. The van der Waals surface area contributed by atoms with Crippen molar-refractivity contribution in [3.63, 3.8) is 0 Å². The Bertz CT molecular complexity index is 568. The minimum absolute atomic E-state index is 0.326. The van der Waals surface area contributed by atoms with E-state index in [1.54, 1.807) is 0 Å². The normalized spacial score (nSPS) is 9.88. The van der Waals surface area contributed by atoms with Crippen LogP contribution in [0.5, 0.6) is 5.75 Å². The summed E-state index contributed by atoms with van der Waals surface area (Å²) in [6.07, 6.45) is 1.45. The number of hydrogen-bond acceptors (Lipinski definition) is 3. The van der Waals surface area contributed by atoms with E-state index < -0.39 is 0 Å². The van der Waals surface area contributed by atoms with Gasteiger partial charge >= 0.3 is 0 Å². The molecule has 0 aliphatic heterocycles. The van der Waals surface area contributed by atoms with Crippen molar-refractivity contribution >= 4 is 11.5 Å². The van der Waals surface area contributed by atoms with E-state index >= 15 is 0 Å². The maximum absolute atomic E-state index is 6.96. The number of hydrogen-bond donors (Lipinski definition) is 1. The van der Waals surface area contributed by atoms with Crippen molar-refractivity contribution in [1.82, 2.24) is 9.78 Å². The zero-order valence-corrected chi connectivity index (χ0v) is 9.42. The molecule has 0 saturated carbocycles. The van der Waals surface area contributed by atoms with Crippen molar-refractivity contribution in [2.24, 2.45) is 0 Å². The van der Waals surface area contributed by atoms with Gasteiger partial charge in [0.15, 0.2) is 0 Å². The molecule has 0 spiro atoms. The summed E-state index contributed by atoms with van der Waals surface area (Å²) in [5.74, 6) is 1.02. The standard InChI is InChI=1S/C12H12N4O/c1-3-17-11-7-5-4-6-10(11)16-12(13)9(14-2)8-15-16/h4-8H,3,13H2,1H3. The first kappa shape index (κ1) is 11.0. The van der Waals surface area contributed by atoms with Crippen LogP contribution in [0.1, 0.15) is 6.92 Å². The van der Waals surface area contributed by atoms with Crippen LogP contribution in [0.15, 0.2) is 30.5 Å². The zero-order chi connectivity index (χ0) is 12.3. The van der Waals surface area contributed by atoms with Crippen LogP contribution in [0.25, 0.3) is 10.5 Å². The number of anilines is 1. The van der Waals surface area contributed by atoms with E-state index in [1.807, 2.05) is 31.2 Å². The average Bonchev–Trinajstić information content (AvgIpc) is 2.72. The van der Waals surface area contributed by atoms with Gasteiger partial charge in [0, 0.05) is 0 Å². The fraction of sp³-hybridized carbons (Fsp3) is 0.167. The number of nitrogens with zero attached hydrogens (tertiary/aromatic N) is 3. The van der Waals surface area contributed by atoms with Crippen molar-refractivity contribution in [3.8, 4) is 11.4 Å². The van der Waals surface area contributed by atoms with Crippen LogP contribution in [-0.4, -0.2) is 16.4 Å². The molecule has 0 unspecified atom stereocenters. The summed E-state index contributed by atoms with van der Waals surface area (Å²) >= 11 is 0. The Morgan fingerprint density at radius 2 is 2.24 bits per heavy atom. The molecule has 1 heterocycles. The van der Waals surface area contributed by atoms with Crippen LogP contribution in [0.2, 0.25) is 0 Å². The van der Waals surface area contributed by atoms with Crippen LogP contribution < -0.4 is 10.5 Å². The number of nitrogen functional groups attached to an aromatic ring is 1. The molecule has 2 N–H and O–H groups in total. The summed E-state index contributed by atoms with van der Waals surface area (Å²) in [6.45, 7) is 9.43. The van der Waals surface area contributed by atoms with Crippen LogP contribution in [-0.2, 0) is 0 Å². The van der Waals surface area contributed by atoms with Gasteiger partial charge in [0.25, 0.3) is 0 Å². The Morgan fingerprint density at radius 3 is 2.88 bits per heavy atom. The molecule has 0 aliphatic carbocycles. The van der Waals surface area contributed by atoms with E-state index in [4.69, 9.17) is 17.0 Å². The lowest BCUT2D eigenvalue weighted by Crippen LogP contribution is -2.04. The monoisotopic (exact) mass is 228 g/mol. The fourth-order valence-corrected chi connectivity index (χ4v) is 1.54. The van der Waals surface area contributed by atoms with E-state index in [0.717, 1.165) is 5.69 Å². The first-order valence-corrected chi connectivity index (χ1v) is 5.21. The maximum atomic E-state index is 6.96.